The number of carbonyl (C=O) groups excluding carboxylic acids is 1. The zero-order chi connectivity index (χ0) is 19.9. The molecule has 4 aromatic rings. The molecule has 0 saturated heterocycles. The van der Waals surface area contributed by atoms with E-state index in [1.807, 2.05) is 103 Å². The summed E-state index contributed by atoms with van der Waals surface area (Å²) >= 11 is 0. The van der Waals surface area contributed by atoms with Gasteiger partial charge in [0, 0.05) is 13.5 Å². The highest BCUT2D eigenvalue weighted by Crippen LogP contribution is 2.41. The third kappa shape index (κ3) is 4.59. The van der Waals surface area contributed by atoms with Gasteiger partial charge in [0.05, 0.1) is 0 Å². The van der Waals surface area contributed by atoms with Crippen LogP contribution in [0.15, 0.2) is 121 Å². The van der Waals surface area contributed by atoms with Gasteiger partial charge in [-0.2, -0.15) is 0 Å². The first-order valence-electron chi connectivity index (χ1n) is 9.60. The molecule has 140 valence electrons. The van der Waals surface area contributed by atoms with Crippen molar-refractivity contribution in [2.24, 2.45) is 0 Å². The van der Waals surface area contributed by atoms with Gasteiger partial charge in [-0.1, -0.05) is 121 Å². The van der Waals surface area contributed by atoms with Crippen LogP contribution in [0.5, 0.6) is 0 Å². The maximum atomic E-state index is 14.0. The molecule has 0 amide bonds. The van der Waals surface area contributed by atoms with Gasteiger partial charge in [-0.3, -0.25) is 4.79 Å². The molecular formula is C27H21OP. The van der Waals surface area contributed by atoms with Crippen LogP contribution in [0.1, 0.15) is 11.1 Å². The van der Waals surface area contributed by atoms with E-state index in [-0.39, 0.29) is 5.52 Å². The Balaban J connectivity index is 1.86. The molecule has 0 aromatic heterocycles. The van der Waals surface area contributed by atoms with Crippen molar-refractivity contribution in [2.75, 3.05) is 0 Å². The molecule has 0 aliphatic carbocycles. The number of rotatable bonds is 6. The van der Waals surface area contributed by atoms with Gasteiger partial charge in [0.1, 0.15) is 0 Å². The highest BCUT2D eigenvalue weighted by Gasteiger charge is 2.26. The summed E-state index contributed by atoms with van der Waals surface area (Å²) in [5.41, 5.74) is 2.87. The van der Waals surface area contributed by atoms with Crippen LogP contribution in [-0.4, -0.2) is 5.52 Å². The number of hydrogen-bond acceptors (Lipinski definition) is 1. The Labute approximate surface area is 173 Å². The minimum Gasteiger partial charge on any atom is -0.288 e. The molecular weight excluding hydrogens is 371 g/mol. The van der Waals surface area contributed by atoms with Crippen LogP contribution in [0.2, 0.25) is 0 Å². The van der Waals surface area contributed by atoms with Gasteiger partial charge in [-0.15, -0.1) is 0 Å². The van der Waals surface area contributed by atoms with Crippen molar-refractivity contribution in [1.82, 2.24) is 0 Å². The molecule has 4 rings (SSSR count). The highest BCUT2D eigenvalue weighted by atomic mass is 31.1. The zero-order valence-electron chi connectivity index (χ0n) is 16.0. The molecule has 0 radical (unpaired) electrons. The van der Waals surface area contributed by atoms with Crippen molar-refractivity contribution in [3.05, 3.63) is 132 Å². The number of allylic oxidation sites excluding steroid dienone is 1. The van der Waals surface area contributed by atoms with Crippen molar-refractivity contribution in [1.29, 1.82) is 0 Å². The molecule has 0 atom stereocenters. The summed E-state index contributed by atoms with van der Waals surface area (Å²) < 4.78 is 0. The fraction of sp³-hybridized carbons (Fsp3) is 0. The second-order valence-corrected chi connectivity index (χ2v) is 8.76. The second kappa shape index (κ2) is 9.28. The quantitative estimate of drug-likeness (QED) is 0.227. The van der Waals surface area contributed by atoms with Gasteiger partial charge in [0.25, 0.3) is 0 Å². The summed E-state index contributed by atoms with van der Waals surface area (Å²) in [6.07, 6.45) is 2.01. The number of benzene rings is 4. The normalized spacial score (nSPS) is 11.4. The lowest BCUT2D eigenvalue weighted by Crippen LogP contribution is -2.19. The smallest absolute Gasteiger partial charge is 0.193 e. The SMILES string of the molecule is O=C(/C(=C/c1ccccc1)c1ccccc1)P(c1ccccc1)c1ccccc1. The molecule has 0 N–H and O–H groups in total. The lowest BCUT2D eigenvalue weighted by molar-refractivity contribution is -0.106. The third-order valence-corrected chi connectivity index (χ3v) is 6.93. The summed E-state index contributed by atoms with van der Waals surface area (Å²) in [6.45, 7) is 0. The molecule has 1 nitrogen and oxygen atoms in total. The van der Waals surface area contributed by atoms with Gasteiger partial charge < -0.3 is 0 Å². The predicted molar refractivity (Wildman–Crippen MR) is 125 cm³/mol. The summed E-state index contributed by atoms with van der Waals surface area (Å²) in [5.74, 6) is 0. The monoisotopic (exact) mass is 392 g/mol. The molecule has 2 heteroatoms. The van der Waals surface area contributed by atoms with Gasteiger partial charge in [-0.25, -0.2) is 0 Å². The van der Waals surface area contributed by atoms with E-state index in [1.54, 1.807) is 0 Å². The molecule has 0 unspecified atom stereocenters. The van der Waals surface area contributed by atoms with Gasteiger partial charge in [0.2, 0.25) is 0 Å². The summed E-state index contributed by atoms with van der Waals surface area (Å²) in [7, 11) is -1.18. The van der Waals surface area contributed by atoms with Crippen molar-refractivity contribution >= 4 is 35.7 Å². The largest absolute Gasteiger partial charge is 0.288 e. The minimum atomic E-state index is -1.18. The minimum absolute atomic E-state index is 0.160. The molecule has 0 aliphatic heterocycles. The Kier molecular flexibility index (Phi) is 6.10. The first kappa shape index (κ1) is 19.1. The molecule has 29 heavy (non-hydrogen) atoms. The zero-order valence-corrected chi connectivity index (χ0v) is 16.9. The number of carbonyl (C=O) groups is 1. The fourth-order valence-electron chi connectivity index (χ4n) is 3.26. The van der Waals surface area contributed by atoms with E-state index in [1.165, 1.54) is 0 Å². The maximum absolute atomic E-state index is 14.0. The van der Waals surface area contributed by atoms with Crippen LogP contribution < -0.4 is 10.6 Å². The van der Waals surface area contributed by atoms with Gasteiger partial charge >= 0.3 is 0 Å². The van der Waals surface area contributed by atoms with Crippen LogP contribution >= 0.6 is 7.92 Å². The standard InChI is InChI=1S/C27H21OP/c28-27(29(24-17-9-3-10-18-24)25-19-11-4-12-20-25)26(23-15-7-2-8-16-23)21-22-13-5-1-6-14-22/h1-21H/b26-21+. The molecule has 4 aromatic carbocycles. The van der Waals surface area contributed by atoms with Crippen LogP contribution in [0.3, 0.4) is 0 Å². The summed E-state index contributed by atoms with van der Waals surface area (Å²) in [6, 6.07) is 40.2. The third-order valence-electron chi connectivity index (χ3n) is 4.66. The van der Waals surface area contributed by atoms with E-state index >= 15 is 0 Å². The molecule has 0 aliphatic rings. The summed E-state index contributed by atoms with van der Waals surface area (Å²) in [4.78, 5) is 14.0. The predicted octanol–water partition coefficient (Wildman–Crippen LogP) is 5.89. The topological polar surface area (TPSA) is 17.1 Å². The Morgan fingerprint density at radius 3 is 1.45 bits per heavy atom. The molecule has 0 saturated carbocycles. The average Bonchev–Trinajstić information content (AvgIpc) is 2.80. The van der Waals surface area contributed by atoms with E-state index in [2.05, 4.69) is 24.3 Å². The van der Waals surface area contributed by atoms with Crippen LogP contribution in [0.4, 0.5) is 0 Å². The fourth-order valence-corrected chi connectivity index (χ4v) is 5.40. The maximum Gasteiger partial charge on any atom is 0.193 e. The molecule has 0 heterocycles. The lowest BCUT2D eigenvalue weighted by Gasteiger charge is -2.19. The van der Waals surface area contributed by atoms with E-state index in [4.69, 9.17) is 0 Å². The first-order valence-corrected chi connectivity index (χ1v) is 10.9. The highest BCUT2D eigenvalue weighted by molar-refractivity contribution is 7.89. The van der Waals surface area contributed by atoms with Crippen LogP contribution in [0, 0.1) is 0 Å². The molecule has 0 fully saturated rings. The molecule has 0 bridgehead atoms. The summed E-state index contributed by atoms with van der Waals surface area (Å²) in [5, 5.41) is 2.13. The number of hydrogen-bond donors (Lipinski definition) is 0. The van der Waals surface area contributed by atoms with E-state index in [0.29, 0.717) is 0 Å². The molecule has 0 spiro atoms. The van der Waals surface area contributed by atoms with Crippen LogP contribution in [0.25, 0.3) is 11.6 Å². The Bertz CT molecular complexity index is 1050. The van der Waals surface area contributed by atoms with Gasteiger partial charge in [-0.05, 0) is 27.8 Å². The lowest BCUT2D eigenvalue weighted by atomic mass is 10.0. The Morgan fingerprint density at radius 2 is 0.966 bits per heavy atom. The second-order valence-electron chi connectivity index (χ2n) is 6.65. The Morgan fingerprint density at radius 1 is 0.552 bits per heavy atom. The van der Waals surface area contributed by atoms with Crippen molar-refractivity contribution in [3.8, 4) is 0 Å². The van der Waals surface area contributed by atoms with E-state index in [0.717, 1.165) is 27.3 Å². The van der Waals surface area contributed by atoms with Crippen LogP contribution in [-0.2, 0) is 4.79 Å². The van der Waals surface area contributed by atoms with Gasteiger partial charge in [0.15, 0.2) is 5.52 Å². The van der Waals surface area contributed by atoms with Crippen molar-refractivity contribution < 1.29 is 4.79 Å². The average molecular weight is 392 g/mol. The van der Waals surface area contributed by atoms with E-state index < -0.39 is 7.92 Å². The Hall–Kier alpha value is -3.28. The van der Waals surface area contributed by atoms with Crippen molar-refractivity contribution in [2.45, 2.75) is 0 Å². The first-order chi connectivity index (χ1) is 14.3. The van der Waals surface area contributed by atoms with Crippen molar-refractivity contribution in [3.63, 3.8) is 0 Å². The van der Waals surface area contributed by atoms with E-state index in [9.17, 15) is 4.79 Å².